The second-order valence-corrected chi connectivity index (χ2v) is 5.20. The molecule has 0 spiro atoms. The van der Waals surface area contributed by atoms with E-state index in [1.807, 2.05) is 0 Å². The molecule has 0 aliphatic carbocycles. The van der Waals surface area contributed by atoms with Crippen molar-refractivity contribution < 1.29 is 27.5 Å². The van der Waals surface area contributed by atoms with E-state index in [0.29, 0.717) is 18.2 Å². The maximum Gasteiger partial charge on any atom is 0.416 e. The highest BCUT2D eigenvalue weighted by molar-refractivity contribution is 5.94. The molecule has 0 aliphatic heterocycles. The van der Waals surface area contributed by atoms with Crippen molar-refractivity contribution in [3.05, 3.63) is 35.1 Å². The van der Waals surface area contributed by atoms with Crippen molar-refractivity contribution in [1.29, 1.82) is 0 Å². The van der Waals surface area contributed by atoms with Crippen LogP contribution in [0.5, 0.6) is 0 Å². The maximum absolute atomic E-state index is 13.4. The van der Waals surface area contributed by atoms with Gasteiger partial charge in [-0.1, -0.05) is 13.8 Å². The summed E-state index contributed by atoms with van der Waals surface area (Å²) < 4.78 is 50.9. The minimum Gasteiger partial charge on any atom is -0.396 e. The van der Waals surface area contributed by atoms with Gasteiger partial charge in [-0.15, -0.1) is 0 Å². The predicted octanol–water partition coefficient (Wildman–Crippen LogP) is 2.59. The molecule has 0 aliphatic rings. The number of hydrogen-bond donors (Lipinski definition) is 2. The third kappa shape index (κ3) is 4.19. The molecule has 1 aromatic carbocycles. The molecule has 1 aromatic rings. The van der Waals surface area contributed by atoms with Crippen LogP contribution < -0.4 is 5.32 Å². The Balaban J connectivity index is 2.93. The number of benzene rings is 1. The molecule has 0 atom stereocenters. The van der Waals surface area contributed by atoms with E-state index in [2.05, 4.69) is 5.32 Å². The summed E-state index contributed by atoms with van der Waals surface area (Å²) in [5.74, 6) is -1.98. The van der Waals surface area contributed by atoms with E-state index in [9.17, 15) is 22.4 Å². The normalized spacial score (nSPS) is 12.3. The number of amides is 1. The van der Waals surface area contributed by atoms with E-state index in [-0.39, 0.29) is 13.2 Å². The number of nitrogens with one attached hydrogen (secondary N) is 1. The molecule has 112 valence electrons. The first kappa shape index (κ1) is 16.4. The van der Waals surface area contributed by atoms with Gasteiger partial charge in [-0.25, -0.2) is 4.39 Å². The molecule has 0 radical (unpaired) electrons. The van der Waals surface area contributed by atoms with Gasteiger partial charge in [0.25, 0.3) is 5.91 Å². The molecule has 2 N–H and O–H groups in total. The molecular formula is C13H15F4NO2. The number of halogens is 4. The quantitative estimate of drug-likeness (QED) is 0.838. The van der Waals surface area contributed by atoms with E-state index < -0.39 is 34.4 Å². The summed E-state index contributed by atoms with van der Waals surface area (Å²) in [6, 6.07) is 1.65. The van der Waals surface area contributed by atoms with E-state index in [0.717, 1.165) is 0 Å². The van der Waals surface area contributed by atoms with E-state index in [1.54, 1.807) is 13.8 Å². The van der Waals surface area contributed by atoms with Crippen LogP contribution in [-0.4, -0.2) is 24.2 Å². The van der Waals surface area contributed by atoms with Gasteiger partial charge in [-0.3, -0.25) is 4.79 Å². The molecule has 7 heteroatoms. The highest BCUT2D eigenvalue weighted by Gasteiger charge is 2.32. The molecule has 0 saturated heterocycles. The first-order valence-corrected chi connectivity index (χ1v) is 5.82. The van der Waals surface area contributed by atoms with Crippen molar-refractivity contribution in [2.24, 2.45) is 5.41 Å². The summed E-state index contributed by atoms with van der Waals surface area (Å²) in [5.41, 5.74) is -2.41. The smallest absolute Gasteiger partial charge is 0.396 e. The van der Waals surface area contributed by atoms with Crippen LogP contribution in [0.1, 0.15) is 29.8 Å². The molecular weight excluding hydrogens is 278 g/mol. The topological polar surface area (TPSA) is 49.3 Å². The van der Waals surface area contributed by atoms with Crippen molar-refractivity contribution in [2.75, 3.05) is 13.2 Å². The monoisotopic (exact) mass is 293 g/mol. The number of alkyl halides is 3. The lowest BCUT2D eigenvalue weighted by molar-refractivity contribution is -0.137. The second-order valence-electron chi connectivity index (χ2n) is 5.20. The van der Waals surface area contributed by atoms with Crippen LogP contribution in [-0.2, 0) is 6.18 Å². The van der Waals surface area contributed by atoms with Gasteiger partial charge in [0.05, 0.1) is 11.1 Å². The number of aliphatic hydroxyl groups is 1. The lowest BCUT2D eigenvalue weighted by Crippen LogP contribution is -2.36. The van der Waals surface area contributed by atoms with Crippen LogP contribution in [0, 0.1) is 11.2 Å². The van der Waals surface area contributed by atoms with Crippen LogP contribution in [0.25, 0.3) is 0 Å². The Morgan fingerprint density at radius 1 is 1.30 bits per heavy atom. The van der Waals surface area contributed by atoms with E-state index >= 15 is 0 Å². The molecule has 1 amide bonds. The zero-order valence-electron chi connectivity index (χ0n) is 11.0. The van der Waals surface area contributed by atoms with Crippen LogP contribution >= 0.6 is 0 Å². The van der Waals surface area contributed by atoms with Gasteiger partial charge in [0, 0.05) is 18.6 Å². The highest BCUT2D eigenvalue weighted by atomic mass is 19.4. The van der Waals surface area contributed by atoms with Crippen LogP contribution in [0.4, 0.5) is 17.6 Å². The Labute approximate surface area is 113 Å². The van der Waals surface area contributed by atoms with Crippen LogP contribution in [0.3, 0.4) is 0 Å². The van der Waals surface area contributed by atoms with Crippen molar-refractivity contribution in [2.45, 2.75) is 20.0 Å². The second kappa shape index (κ2) is 5.78. The number of aliphatic hydroxyl groups excluding tert-OH is 1. The minimum absolute atomic E-state index is 0.0119. The Hall–Kier alpha value is -1.63. The molecule has 0 unspecified atom stereocenters. The summed E-state index contributed by atoms with van der Waals surface area (Å²) in [4.78, 5) is 11.7. The van der Waals surface area contributed by atoms with Gasteiger partial charge in [-0.05, 0) is 18.2 Å². The summed E-state index contributed by atoms with van der Waals surface area (Å²) in [6.45, 7) is 3.09. The maximum atomic E-state index is 13.4. The number of carbonyl (C=O) groups excluding carboxylic acids is 1. The lowest BCUT2D eigenvalue weighted by atomic mass is 9.95. The first-order valence-electron chi connectivity index (χ1n) is 5.82. The van der Waals surface area contributed by atoms with E-state index in [4.69, 9.17) is 5.11 Å². The number of rotatable bonds is 4. The molecule has 0 fully saturated rings. The average Bonchev–Trinajstić information content (AvgIpc) is 2.35. The zero-order chi connectivity index (χ0) is 15.6. The number of hydrogen-bond acceptors (Lipinski definition) is 2. The first-order chi connectivity index (χ1) is 9.07. The Morgan fingerprint density at radius 3 is 2.40 bits per heavy atom. The van der Waals surface area contributed by atoms with Gasteiger partial charge < -0.3 is 10.4 Å². The summed E-state index contributed by atoms with van der Waals surface area (Å²) >= 11 is 0. The SMILES string of the molecule is CC(C)(CO)CNC(=O)c1cc(C(F)(F)F)ccc1F. The Morgan fingerprint density at radius 2 is 1.90 bits per heavy atom. The molecule has 0 bridgehead atoms. The third-order valence-electron chi connectivity index (χ3n) is 2.69. The minimum atomic E-state index is -4.65. The molecule has 0 aromatic heterocycles. The van der Waals surface area contributed by atoms with E-state index in [1.165, 1.54) is 0 Å². The fraction of sp³-hybridized carbons (Fsp3) is 0.462. The zero-order valence-corrected chi connectivity index (χ0v) is 11.0. The standard InChI is InChI=1S/C13H15F4NO2/c1-12(2,7-19)6-18-11(20)9-5-8(13(15,16)17)3-4-10(9)14/h3-5,19H,6-7H2,1-2H3,(H,18,20). The average molecular weight is 293 g/mol. The van der Waals surface area contributed by atoms with Gasteiger partial charge in [0.1, 0.15) is 5.82 Å². The van der Waals surface area contributed by atoms with Crippen LogP contribution in [0.15, 0.2) is 18.2 Å². The van der Waals surface area contributed by atoms with Crippen molar-refractivity contribution in [3.63, 3.8) is 0 Å². The van der Waals surface area contributed by atoms with Gasteiger partial charge in [0.2, 0.25) is 0 Å². The summed E-state index contributed by atoms with van der Waals surface area (Å²) in [6.07, 6.45) is -4.65. The van der Waals surface area contributed by atoms with Gasteiger partial charge in [-0.2, -0.15) is 13.2 Å². The molecule has 3 nitrogen and oxygen atoms in total. The van der Waals surface area contributed by atoms with Gasteiger partial charge in [0.15, 0.2) is 0 Å². The summed E-state index contributed by atoms with van der Waals surface area (Å²) in [5, 5.41) is 11.3. The van der Waals surface area contributed by atoms with Crippen LogP contribution in [0.2, 0.25) is 0 Å². The van der Waals surface area contributed by atoms with Crippen molar-refractivity contribution in [3.8, 4) is 0 Å². The third-order valence-corrected chi connectivity index (χ3v) is 2.69. The van der Waals surface area contributed by atoms with Crippen molar-refractivity contribution in [1.82, 2.24) is 5.32 Å². The predicted molar refractivity (Wildman–Crippen MR) is 64.6 cm³/mol. The fourth-order valence-electron chi connectivity index (χ4n) is 1.35. The Kier molecular flexibility index (Phi) is 4.75. The fourth-order valence-corrected chi connectivity index (χ4v) is 1.35. The summed E-state index contributed by atoms with van der Waals surface area (Å²) in [7, 11) is 0. The largest absolute Gasteiger partial charge is 0.416 e. The highest BCUT2D eigenvalue weighted by Crippen LogP contribution is 2.30. The Bertz CT molecular complexity index is 498. The lowest BCUT2D eigenvalue weighted by Gasteiger charge is -2.22. The molecule has 0 saturated carbocycles. The number of carbonyl (C=O) groups is 1. The van der Waals surface area contributed by atoms with Gasteiger partial charge >= 0.3 is 6.18 Å². The molecule has 20 heavy (non-hydrogen) atoms. The molecule has 0 heterocycles. The van der Waals surface area contributed by atoms with Crippen molar-refractivity contribution >= 4 is 5.91 Å². The molecule has 1 rings (SSSR count).